The Kier molecular flexibility index (Phi) is 4.16. The molecule has 1 aliphatic rings. The van der Waals surface area contributed by atoms with Gasteiger partial charge in [0.2, 0.25) is 0 Å². The van der Waals surface area contributed by atoms with Crippen LogP contribution in [0.5, 0.6) is 0 Å². The lowest BCUT2D eigenvalue weighted by atomic mass is 9.99. The monoisotopic (exact) mass is 218 g/mol. The topological polar surface area (TPSA) is 16.1 Å². The van der Waals surface area contributed by atoms with Gasteiger partial charge in [-0.1, -0.05) is 0 Å². The van der Waals surface area contributed by atoms with Crippen molar-refractivity contribution in [3.05, 3.63) is 16.6 Å². The first-order valence-corrected chi connectivity index (χ1v) is 5.32. The number of hydrogen-bond acceptors (Lipinski definition) is 3. The van der Waals surface area contributed by atoms with E-state index in [2.05, 4.69) is 22.3 Å². The summed E-state index contributed by atoms with van der Waals surface area (Å²) < 4.78 is 0. The van der Waals surface area contributed by atoms with E-state index in [-0.39, 0.29) is 12.4 Å². The molecule has 2 nitrogen and oxygen atoms in total. The third-order valence-corrected chi connectivity index (χ3v) is 3.36. The zero-order valence-electron chi connectivity index (χ0n) is 7.77. The molecule has 1 unspecified atom stereocenters. The van der Waals surface area contributed by atoms with E-state index in [4.69, 9.17) is 0 Å². The van der Waals surface area contributed by atoms with Crippen LogP contribution in [0.1, 0.15) is 23.8 Å². The van der Waals surface area contributed by atoms with Crippen LogP contribution in [0, 0.1) is 0 Å². The lowest BCUT2D eigenvalue weighted by Gasteiger charge is -2.28. The fourth-order valence-electron chi connectivity index (χ4n) is 1.80. The average Bonchev–Trinajstić information content (AvgIpc) is 2.56. The molecule has 1 aliphatic heterocycles. The summed E-state index contributed by atoms with van der Waals surface area (Å²) in [5, 5.41) is 3.39. The molecule has 0 saturated carbocycles. The highest BCUT2D eigenvalue weighted by atomic mass is 35.5. The maximum Gasteiger partial charge on any atom is 0.0968 e. The van der Waals surface area contributed by atoms with Crippen LogP contribution in [0.2, 0.25) is 0 Å². The average molecular weight is 219 g/mol. The number of likely N-dealkylation sites (tertiary alicyclic amines) is 1. The summed E-state index contributed by atoms with van der Waals surface area (Å²) >= 11 is 1.79. The van der Waals surface area contributed by atoms with E-state index in [0.717, 1.165) is 0 Å². The van der Waals surface area contributed by atoms with Crippen LogP contribution >= 0.6 is 23.7 Å². The van der Waals surface area contributed by atoms with Crippen molar-refractivity contribution in [1.82, 2.24) is 9.88 Å². The van der Waals surface area contributed by atoms with Gasteiger partial charge in [-0.25, -0.2) is 4.98 Å². The normalized spacial score (nSPS) is 23.9. The van der Waals surface area contributed by atoms with Crippen LogP contribution in [-0.4, -0.2) is 30.0 Å². The van der Waals surface area contributed by atoms with Gasteiger partial charge >= 0.3 is 0 Å². The molecule has 0 aliphatic carbocycles. The highest BCUT2D eigenvalue weighted by Gasteiger charge is 2.20. The summed E-state index contributed by atoms with van der Waals surface area (Å²) in [5.41, 5.74) is 0. The zero-order valence-corrected chi connectivity index (χ0v) is 9.40. The smallest absolute Gasteiger partial charge is 0.0968 e. The molecule has 0 aromatic carbocycles. The minimum atomic E-state index is 0. The second-order valence-corrected chi connectivity index (χ2v) is 4.40. The van der Waals surface area contributed by atoms with Gasteiger partial charge in [-0.15, -0.1) is 23.7 Å². The molecule has 0 bridgehead atoms. The highest BCUT2D eigenvalue weighted by Crippen LogP contribution is 2.27. The Morgan fingerprint density at radius 3 is 3.08 bits per heavy atom. The molecule has 13 heavy (non-hydrogen) atoms. The lowest BCUT2D eigenvalue weighted by molar-refractivity contribution is 0.250. The molecule has 0 amide bonds. The van der Waals surface area contributed by atoms with Crippen molar-refractivity contribution in [3.63, 3.8) is 0 Å². The van der Waals surface area contributed by atoms with E-state index in [1.807, 2.05) is 6.20 Å². The van der Waals surface area contributed by atoms with Gasteiger partial charge < -0.3 is 4.90 Å². The third-order valence-electron chi connectivity index (χ3n) is 2.43. The molecule has 2 heterocycles. The van der Waals surface area contributed by atoms with Crippen LogP contribution in [0.25, 0.3) is 0 Å². The van der Waals surface area contributed by atoms with Crippen molar-refractivity contribution in [2.24, 2.45) is 0 Å². The Balaban J connectivity index is 0.000000845. The van der Waals surface area contributed by atoms with Crippen molar-refractivity contribution < 1.29 is 0 Å². The molecule has 74 valence electrons. The summed E-state index contributed by atoms with van der Waals surface area (Å²) in [6, 6.07) is 0. The van der Waals surface area contributed by atoms with Crippen molar-refractivity contribution in [3.8, 4) is 0 Å². The summed E-state index contributed by atoms with van der Waals surface area (Å²) in [7, 11) is 2.19. The Hall–Kier alpha value is -0.120. The van der Waals surface area contributed by atoms with Gasteiger partial charge in [0.25, 0.3) is 0 Å². The van der Waals surface area contributed by atoms with Gasteiger partial charge in [-0.3, -0.25) is 0 Å². The molecule has 1 aromatic rings. The maximum absolute atomic E-state index is 4.37. The maximum atomic E-state index is 4.37. The first kappa shape index (κ1) is 11.0. The molecule has 1 atom stereocenters. The van der Waals surface area contributed by atoms with E-state index in [1.54, 1.807) is 11.3 Å². The number of piperidine rings is 1. The van der Waals surface area contributed by atoms with Crippen molar-refractivity contribution >= 4 is 23.7 Å². The molecule has 1 aromatic heterocycles. The number of nitrogens with zero attached hydrogens (tertiary/aromatic N) is 2. The van der Waals surface area contributed by atoms with E-state index in [9.17, 15) is 0 Å². The predicted molar refractivity (Wildman–Crippen MR) is 58.8 cm³/mol. The Labute approximate surface area is 89.4 Å². The second kappa shape index (κ2) is 4.94. The van der Waals surface area contributed by atoms with Gasteiger partial charge in [0.05, 0.1) is 5.01 Å². The first-order valence-electron chi connectivity index (χ1n) is 4.44. The summed E-state index contributed by atoms with van der Waals surface area (Å²) in [6.07, 6.45) is 4.55. The summed E-state index contributed by atoms with van der Waals surface area (Å²) in [4.78, 5) is 6.76. The van der Waals surface area contributed by atoms with E-state index >= 15 is 0 Å². The SMILES string of the molecule is CN1CCCC(c2nccs2)C1.Cl. The van der Waals surface area contributed by atoms with E-state index < -0.39 is 0 Å². The molecule has 1 saturated heterocycles. The van der Waals surface area contributed by atoms with Gasteiger partial charge in [0.15, 0.2) is 0 Å². The summed E-state index contributed by atoms with van der Waals surface area (Å²) in [5.74, 6) is 0.698. The third kappa shape index (κ3) is 2.66. The van der Waals surface area contributed by atoms with Crippen LogP contribution in [0.3, 0.4) is 0 Å². The van der Waals surface area contributed by atoms with Crippen molar-refractivity contribution in [2.75, 3.05) is 20.1 Å². The standard InChI is InChI=1S/C9H14N2S.ClH/c1-11-5-2-3-8(7-11)9-10-4-6-12-9;/h4,6,8H,2-3,5,7H2,1H3;1H. The number of hydrogen-bond donors (Lipinski definition) is 0. The number of rotatable bonds is 1. The molecule has 0 N–H and O–H groups in total. The largest absolute Gasteiger partial charge is 0.306 e. The van der Waals surface area contributed by atoms with Gasteiger partial charge in [0.1, 0.15) is 0 Å². The number of thiazole rings is 1. The quantitative estimate of drug-likeness (QED) is 0.720. The molecular formula is C9H15ClN2S. The lowest BCUT2D eigenvalue weighted by Crippen LogP contribution is -2.30. The van der Waals surface area contributed by atoms with Crippen molar-refractivity contribution in [2.45, 2.75) is 18.8 Å². The van der Waals surface area contributed by atoms with E-state index in [1.165, 1.54) is 30.9 Å². The molecule has 0 radical (unpaired) electrons. The second-order valence-electron chi connectivity index (χ2n) is 3.47. The van der Waals surface area contributed by atoms with Gasteiger partial charge in [-0.05, 0) is 26.4 Å². The Bertz CT molecular complexity index is 238. The van der Waals surface area contributed by atoms with Gasteiger partial charge in [-0.2, -0.15) is 0 Å². The Morgan fingerprint density at radius 1 is 1.62 bits per heavy atom. The fraction of sp³-hybridized carbons (Fsp3) is 0.667. The Morgan fingerprint density at radius 2 is 2.46 bits per heavy atom. The predicted octanol–water partition coefficient (Wildman–Crippen LogP) is 2.37. The minimum absolute atomic E-state index is 0. The fourth-order valence-corrected chi connectivity index (χ4v) is 2.57. The van der Waals surface area contributed by atoms with E-state index in [0.29, 0.717) is 5.92 Å². The summed E-state index contributed by atoms with van der Waals surface area (Å²) in [6.45, 7) is 2.44. The number of likely N-dealkylation sites (N-methyl/N-ethyl adjacent to an activating group) is 1. The van der Waals surface area contributed by atoms with Crippen LogP contribution < -0.4 is 0 Å². The molecule has 4 heteroatoms. The molecular weight excluding hydrogens is 204 g/mol. The van der Waals surface area contributed by atoms with Gasteiger partial charge in [0, 0.05) is 24.0 Å². The number of aromatic nitrogens is 1. The number of halogens is 1. The highest BCUT2D eigenvalue weighted by molar-refractivity contribution is 7.09. The van der Waals surface area contributed by atoms with Crippen LogP contribution in [0.4, 0.5) is 0 Å². The van der Waals surface area contributed by atoms with Crippen LogP contribution in [0.15, 0.2) is 11.6 Å². The molecule has 1 fully saturated rings. The zero-order chi connectivity index (χ0) is 8.39. The first-order chi connectivity index (χ1) is 5.86. The minimum Gasteiger partial charge on any atom is -0.306 e. The van der Waals surface area contributed by atoms with Crippen LogP contribution in [-0.2, 0) is 0 Å². The molecule has 2 rings (SSSR count). The molecule has 0 spiro atoms. The van der Waals surface area contributed by atoms with Crippen molar-refractivity contribution in [1.29, 1.82) is 0 Å².